The largest absolute Gasteiger partial charge is 0.391 e. The minimum absolute atomic E-state index is 0.145. The van der Waals surface area contributed by atoms with Crippen molar-refractivity contribution >= 4 is 17.3 Å². The molecule has 0 amide bonds. The number of anilines is 1. The molecule has 0 bridgehead atoms. The SMILES string of the molecule is Cc1c(N2CC(OCCC(F)(F)F)C2)ccnc1Cl. The number of pyridine rings is 1. The van der Waals surface area contributed by atoms with Crippen LogP contribution in [-0.2, 0) is 4.74 Å². The minimum atomic E-state index is -4.15. The fraction of sp³-hybridized carbons (Fsp3) is 0.583. The molecule has 1 aromatic heterocycles. The van der Waals surface area contributed by atoms with Crippen molar-refractivity contribution in [3.05, 3.63) is 23.0 Å². The Labute approximate surface area is 114 Å². The van der Waals surface area contributed by atoms with Gasteiger partial charge in [0.15, 0.2) is 0 Å². The first-order chi connectivity index (χ1) is 8.87. The standard InChI is InChI=1S/C12H14ClF3N2O/c1-8-10(2-4-17-11(8)13)18-6-9(7-18)19-5-3-12(14,15)16/h2,4,9H,3,5-7H2,1H3. The number of aromatic nitrogens is 1. The Kier molecular flexibility index (Phi) is 4.20. The maximum absolute atomic E-state index is 12.0. The van der Waals surface area contributed by atoms with Crippen molar-refractivity contribution in [3.63, 3.8) is 0 Å². The predicted molar refractivity (Wildman–Crippen MR) is 66.6 cm³/mol. The van der Waals surface area contributed by atoms with Crippen LogP contribution >= 0.6 is 11.6 Å². The predicted octanol–water partition coefficient (Wildman–Crippen LogP) is 3.20. The third-order valence-electron chi connectivity index (χ3n) is 3.04. The molecule has 106 valence electrons. The summed E-state index contributed by atoms with van der Waals surface area (Å²) in [6.07, 6.45) is -3.58. The molecule has 1 aromatic rings. The Bertz CT molecular complexity index is 447. The van der Waals surface area contributed by atoms with E-state index in [1.807, 2.05) is 17.9 Å². The highest BCUT2D eigenvalue weighted by Crippen LogP contribution is 2.29. The molecule has 0 N–H and O–H groups in total. The van der Waals surface area contributed by atoms with Crippen LogP contribution < -0.4 is 4.90 Å². The van der Waals surface area contributed by atoms with Crippen LogP contribution in [0.4, 0.5) is 18.9 Å². The number of alkyl halides is 3. The van der Waals surface area contributed by atoms with E-state index in [1.165, 1.54) is 0 Å². The van der Waals surface area contributed by atoms with Crippen molar-refractivity contribution in [2.75, 3.05) is 24.6 Å². The Balaban J connectivity index is 1.79. The first-order valence-corrected chi connectivity index (χ1v) is 6.29. The van der Waals surface area contributed by atoms with Gasteiger partial charge in [0.25, 0.3) is 0 Å². The quantitative estimate of drug-likeness (QED) is 0.798. The maximum atomic E-state index is 12.0. The topological polar surface area (TPSA) is 25.4 Å². The van der Waals surface area contributed by atoms with Crippen molar-refractivity contribution in [2.24, 2.45) is 0 Å². The summed E-state index contributed by atoms with van der Waals surface area (Å²) in [5, 5.41) is 0.443. The van der Waals surface area contributed by atoms with Gasteiger partial charge in [-0.15, -0.1) is 0 Å². The molecule has 0 aromatic carbocycles. The van der Waals surface area contributed by atoms with E-state index in [-0.39, 0.29) is 12.7 Å². The second kappa shape index (κ2) is 5.54. The number of hydrogen-bond acceptors (Lipinski definition) is 3. The number of halogens is 4. The Morgan fingerprint density at radius 2 is 2.16 bits per heavy atom. The summed E-state index contributed by atoms with van der Waals surface area (Å²) in [5.41, 5.74) is 1.83. The van der Waals surface area contributed by atoms with Gasteiger partial charge in [-0.05, 0) is 13.0 Å². The number of nitrogens with zero attached hydrogens (tertiary/aromatic N) is 2. The van der Waals surface area contributed by atoms with Gasteiger partial charge in [0.05, 0.1) is 19.1 Å². The lowest BCUT2D eigenvalue weighted by molar-refractivity contribution is -0.149. The van der Waals surface area contributed by atoms with Gasteiger partial charge in [-0.3, -0.25) is 0 Å². The molecule has 0 saturated carbocycles. The van der Waals surface area contributed by atoms with Crippen LogP contribution in [0.15, 0.2) is 12.3 Å². The molecule has 0 atom stereocenters. The van der Waals surface area contributed by atoms with Gasteiger partial charge in [0, 0.05) is 30.5 Å². The molecule has 2 heterocycles. The van der Waals surface area contributed by atoms with E-state index in [1.54, 1.807) is 6.20 Å². The monoisotopic (exact) mass is 294 g/mol. The molecule has 7 heteroatoms. The molecular weight excluding hydrogens is 281 g/mol. The lowest BCUT2D eigenvalue weighted by Crippen LogP contribution is -2.52. The zero-order chi connectivity index (χ0) is 14.0. The van der Waals surface area contributed by atoms with Gasteiger partial charge >= 0.3 is 6.18 Å². The zero-order valence-electron chi connectivity index (χ0n) is 10.4. The smallest absolute Gasteiger partial charge is 0.374 e. The molecule has 0 aliphatic carbocycles. The molecule has 0 spiro atoms. The van der Waals surface area contributed by atoms with Crippen LogP contribution in [0.2, 0.25) is 5.15 Å². The summed E-state index contributed by atoms with van der Waals surface area (Å²) < 4.78 is 41.0. The fourth-order valence-electron chi connectivity index (χ4n) is 1.92. The van der Waals surface area contributed by atoms with E-state index in [4.69, 9.17) is 16.3 Å². The summed E-state index contributed by atoms with van der Waals surface area (Å²) >= 11 is 5.92. The fourth-order valence-corrected chi connectivity index (χ4v) is 2.08. The summed E-state index contributed by atoms with van der Waals surface area (Å²) in [4.78, 5) is 5.97. The summed E-state index contributed by atoms with van der Waals surface area (Å²) in [5.74, 6) is 0. The average molecular weight is 295 g/mol. The van der Waals surface area contributed by atoms with Gasteiger partial charge in [-0.25, -0.2) is 4.98 Å². The molecule has 2 rings (SSSR count). The maximum Gasteiger partial charge on any atom is 0.391 e. The molecular formula is C12H14ClF3N2O. The van der Waals surface area contributed by atoms with E-state index in [0.29, 0.717) is 18.2 Å². The van der Waals surface area contributed by atoms with Gasteiger partial charge in [-0.1, -0.05) is 11.6 Å². The summed E-state index contributed by atoms with van der Waals surface area (Å²) in [7, 11) is 0. The lowest BCUT2D eigenvalue weighted by Gasteiger charge is -2.41. The summed E-state index contributed by atoms with van der Waals surface area (Å²) in [6.45, 7) is 2.75. The van der Waals surface area contributed by atoms with Gasteiger partial charge in [0.2, 0.25) is 0 Å². The van der Waals surface area contributed by atoms with E-state index < -0.39 is 12.6 Å². The second-order valence-corrected chi connectivity index (χ2v) is 4.87. The van der Waals surface area contributed by atoms with Crippen molar-refractivity contribution < 1.29 is 17.9 Å². The first kappa shape index (κ1) is 14.4. The number of hydrogen-bond donors (Lipinski definition) is 0. The Morgan fingerprint density at radius 1 is 1.47 bits per heavy atom. The zero-order valence-corrected chi connectivity index (χ0v) is 11.1. The third kappa shape index (κ3) is 3.73. The highest BCUT2D eigenvalue weighted by atomic mass is 35.5. The Morgan fingerprint density at radius 3 is 2.79 bits per heavy atom. The molecule has 1 saturated heterocycles. The van der Waals surface area contributed by atoms with E-state index in [9.17, 15) is 13.2 Å². The van der Waals surface area contributed by atoms with Crippen molar-refractivity contribution in [1.82, 2.24) is 4.98 Å². The highest BCUT2D eigenvalue weighted by molar-refractivity contribution is 6.30. The second-order valence-electron chi connectivity index (χ2n) is 4.51. The summed E-state index contributed by atoms with van der Waals surface area (Å²) in [6, 6.07) is 1.84. The molecule has 1 aliphatic heterocycles. The van der Waals surface area contributed by atoms with Crippen LogP contribution in [0, 0.1) is 6.92 Å². The normalized spacial score (nSPS) is 16.6. The molecule has 3 nitrogen and oxygen atoms in total. The van der Waals surface area contributed by atoms with E-state index >= 15 is 0 Å². The third-order valence-corrected chi connectivity index (χ3v) is 3.42. The minimum Gasteiger partial charge on any atom is -0.374 e. The van der Waals surface area contributed by atoms with E-state index in [2.05, 4.69) is 4.98 Å². The molecule has 1 fully saturated rings. The van der Waals surface area contributed by atoms with E-state index in [0.717, 1.165) is 11.3 Å². The van der Waals surface area contributed by atoms with Crippen LogP contribution in [0.25, 0.3) is 0 Å². The van der Waals surface area contributed by atoms with Crippen LogP contribution in [-0.4, -0.2) is 37.0 Å². The van der Waals surface area contributed by atoms with Crippen LogP contribution in [0.3, 0.4) is 0 Å². The van der Waals surface area contributed by atoms with Crippen molar-refractivity contribution in [3.8, 4) is 0 Å². The first-order valence-electron chi connectivity index (χ1n) is 5.91. The van der Waals surface area contributed by atoms with Crippen molar-refractivity contribution in [1.29, 1.82) is 0 Å². The molecule has 0 radical (unpaired) electrons. The van der Waals surface area contributed by atoms with Crippen molar-refractivity contribution in [2.45, 2.75) is 25.6 Å². The highest BCUT2D eigenvalue weighted by Gasteiger charge is 2.31. The molecule has 1 aliphatic rings. The number of rotatable bonds is 4. The van der Waals surface area contributed by atoms with Crippen LogP contribution in [0.1, 0.15) is 12.0 Å². The van der Waals surface area contributed by atoms with Gasteiger partial charge in [0.1, 0.15) is 5.15 Å². The lowest BCUT2D eigenvalue weighted by atomic mass is 10.1. The van der Waals surface area contributed by atoms with Gasteiger partial charge < -0.3 is 9.64 Å². The van der Waals surface area contributed by atoms with Gasteiger partial charge in [-0.2, -0.15) is 13.2 Å². The number of ether oxygens (including phenoxy) is 1. The average Bonchev–Trinajstić information content (AvgIpc) is 2.25. The molecule has 19 heavy (non-hydrogen) atoms. The molecule has 0 unspecified atom stereocenters. The Hall–Kier alpha value is -1.01. The van der Waals surface area contributed by atoms with Crippen LogP contribution in [0.5, 0.6) is 0 Å².